The van der Waals surface area contributed by atoms with Crippen LogP contribution in [0.3, 0.4) is 0 Å². The lowest BCUT2D eigenvalue weighted by Crippen LogP contribution is -2.53. The molecule has 0 saturated heterocycles. The van der Waals surface area contributed by atoms with E-state index in [1.165, 1.54) is 12.0 Å². The molecular weight excluding hydrogens is 484 g/mol. The quantitative estimate of drug-likeness (QED) is 0.307. The first kappa shape index (κ1) is 28.4. The fourth-order valence-electron chi connectivity index (χ4n) is 5.28. The molecule has 0 aliphatic heterocycles. The Labute approximate surface area is 233 Å². The number of benzene rings is 3. The van der Waals surface area contributed by atoms with E-state index in [1.54, 1.807) is 4.90 Å². The molecule has 5 heteroatoms. The minimum Gasteiger partial charge on any atom is -0.484 e. The predicted octanol–water partition coefficient (Wildman–Crippen LogP) is 6.59. The number of nitrogens with zero attached hydrogens (tertiary/aromatic N) is 1. The molecule has 39 heavy (non-hydrogen) atoms. The molecule has 1 fully saturated rings. The van der Waals surface area contributed by atoms with Crippen LogP contribution >= 0.6 is 0 Å². The van der Waals surface area contributed by atoms with E-state index in [4.69, 9.17) is 4.74 Å². The average Bonchev–Trinajstić information content (AvgIpc) is 2.95. The molecule has 0 aromatic heterocycles. The van der Waals surface area contributed by atoms with Crippen molar-refractivity contribution in [2.24, 2.45) is 0 Å². The minimum absolute atomic E-state index is 0.0898. The molecule has 0 radical (unpaired) electrons. The molecule has 0 heterocycles. The summed E-state index contributed by atoms with van der Waals surface area (Å²) in [5, 5.41) is 3.29. The summed E-state index contributed by atoms with van der Waals surface area (Å²) in [5.74, 6) is 0.777. The molecule has 0 spiro atoms. The maximum atomic E-state index is 13.8. The van der Waals surface area contributed by atoms with Gasteiger partial charge in [0.25, 0.3) is 5.91 Å². The molecule has 1 N–H and O–H groups in total. The highest BCUT2D eigenvalue weighted by Gasteiger charge is 2.32. The zero-order valence-corrected chi connectivity index (χ0v) is 23.6. The standard InChI is InChI=1S/C34H42N2O3/c1-25(2)29-17-19-31(20-18-29)39-24-33(37)36(23-28-14-10-11-26(3)21-28)32(22-27-12-6-4-7-13-27)34(38)35-30-15-8-5-9-16-30/h4,6-7,10-14,17-21,25,30,32H,5,8-9,15-16,22-24H2,1-3H3,(H,35,38). The van der Waals surface area contributed by atoms with E-state index in [-0.39, 0.29) is 24.5 Å². The summed E-state index contributed by atoms with van der Waals surface area (Å²) < 4.78 is 5.95. The second kappa shape index (κ2) is 14.0. The van der Waals surface area contributed by atoms with Crippen LogP contribution in [0.4, 0.5) is 0 Å². The first-order valence-electron chi connectivity index (χ1n) is 14.3. The van der Waals surface area contributed by atoms with Gasteiger partial charge in [0.2, 0.25) is 5.91 Å². The number of rotatable bonds is 11. The number of amides is 2. The van der Waals surface area contributed by atoms with Crippen molar-refractivity contribution in [2.75, 3.05) is 6.61 Å². The van der Waals surface area contributed by atoms with Gasteiger partial charge in [-0.05, 0) is 54.5 Å². The Kier molecular flexibility index (Phi) is 10.2. The molecule has 1 aliphatic carbocycles. The summed E-state index contributed by atoms with van der Waals surface area (Å²) in [6.45, 7) is 6.54. The van der Waals surface area contributed by atoms with E-state index < -0.39 is 6.04 Å². The number of hydrogen-bond acceptors (Lipinski definition) is 3. The van der Waals surface area contributed by atoms with Gasteiger partial charge in [-0.3, -0.25) is 9.59 Å². The van der Waals surface area contributed by atoms with Gasteiger partial charge in [-0.2, -0.15) is 0 Å². The first-order valence-corrected chi connectivity index (χ1v) is 14.3. The molecule has 4 rings (SSSR count). The molecule has 3 aromatic rings. The van der Waals surface area contributed by atoms with Crippen LogP contribution in [-0.2, 0) is 22.6 Å². The van der Waals surface area contributed by atoms with Gasteiger partial charge >= 0.3 is 0 Å². The first-order chi connectivity index (χ1) is 18.9. The summed E-state index contributed by atoms with van der Waals surface area (Å²) in [6.07, 6.45) is 5.90. The second-order valence-electron chi connectivity index (χ2n) is 11.1. The SMILES string of the molecule is Cc1cccc(CN(C(=O)COc2ccc(C(C)C)cc2)C(Cc2ccccc2)C(=O)NC2CCCCC2)c1. The third-order valence-electron chi connectivity index (χ3n) is 7.57. The van der Waals surface area contributed by atoms with E-state index in [0.29, 0.717) is 24.6 Å². The van der Waals surface area contributed by atoms with Crippen molar-refractivity contribution in [1.29, 1.82) is 0 Å². The van der Waals surface area contributed by atoms with Crippen LogP contribution in [0.1, 0.15) is 74.1 Å². The van der Waals surface area contributed by atoms with Crippen LogP contribution in [0.15, 0.2) is 78.9 Å². The lowest BCUT2D eigenvalue weighted by Gasteiger charge is -2.33. The number of ether oxygens (including phenoxy) is 1. The van der Waals surface area contributed by atoms with E-state index in [0.717, 1.165) is 42.4 Å². The highest BCUT2D eigenvalue weighted by molar-refractivity contribution is 5.88. The fourth-order valence-corrected chi connectivity index (χ4v) is 5.28. The van der Waals surface area contributed by atoms with Crippen LogP contribution in [0.25, 0.3) is 0 Å². The maximum absolute atomic E-state index is 13.8. The normalized spacial score (nSPS) is 14.6. The van der Waals surface area contributed by atoms with E-state index in [9.17, 15) is 9.59 Å². The molecule has 1 aliphatic rings. The summed E-state index contributed by atoms with van der Waals surface area (Å²) in [6, 6.07) is 25.5. The van der Waals surface area contributed by atoms with Crippen molar-refractivity contribution in [2.45, 2.75) is 83.8 Å². The van der Waals surface area contributed by atoms with E-state index in [1.807, 2.05) is 79.7 Å². The van der Waals surface area contributed by atoms with Gasteiger partial charge in [-0.1, -0.05) is 105 Å². The topological polar surface area (TPSA) is 58.6 Å². The molecule has 1 unspecified atom stereocenters. The van der Waals surface area contributed by atoms with Crippen molar-refractivity contribution in [3.05, 3.63) is 101 Å². The Bertz CT molecular complexity index is 1200. The second-order valence-corrected chi connectivity index (χ2v) is 11.1. The molecule has 1 atom stereocenters. The monoisotopic (exact) mass is 526 g/mol. The molecule has 5 nitrogen and oxygen atoms in total. The number of hydrogen-bond donors (Lipinski definition) is 1. The highest BCUT2D eigenvalue weighted by Crippen LogP contribution is 2.21. The Morgan fingerprint density at radius 2 is 1.59 bits per heavy atom. The van der Waals surface area contributed by atoms with Crippen molar-refractivity contribution in [3.8, 4) is 5.75 Å². The van der Waals surface area contributed by atoms with Crippen LogP contribution in [0, 0.1) is 6.92 Å². The lowest BCUT2D eigenvalue weighted by molar-refractivity contribution is -0.143. The number of carbonyl (C=O) groups excluding carboxylic acids is 2. The van der Waals surface area contributed by atoms with Crippen LogP contribution in [0.5, 0.6) is 5.75 Å². The number of nitrogens with one attached hydrogen (secondary N) is 1. The third kappa shape index (κ3) is 8.44. The zero-order chi connectivity index (χ0) is 27.6. The van der Waals surface area contributed by atoms with Crippen LogP contribution < -0.4 is 10.1 Å². The van der Waals surface area contributed by atoms with Crippen molar-refractivity contribution in [1.82, 2.24) is 10.2 Å². The van der Waals surface area contributed by atoms with Crippen molar-refractivity contribution in [3.63, 3.8) is 0 Å². The fraction of sp³-hybridized carbons (Fsp3) is 0.412. The molecule has 3 aromatic carbocycles. The summed E-state index contributed by atoms with van der Waals surface area (Å²) in [5.41, 5.74) is 4.35. The van der Waals surface area contributed by atoms with Crippen LogP contribution in [0.2, 0.25) is 0 Å². The van der Waals surface area contributed by atoms with Gasteiger partial charge in [-0.25, -0.2) is 0 Å². The predicted molar refractivity (Wildman–Crippen MR) is 157 cm³/mol. The van der Waals surface area contributed by atoms with Crippen LogP contribution in [-0.4, -0.2) is 35.4 Å². The van der Waals surface area contributed by atoms with Gasteiger partial charge in [0, 0.05) is 19.0 Å². The molecule has 206 valence electrons. The van der Waals surface area contributed by atoms with Gasteiger partial charge in [-0.15, -0.1) is 0 Å². The Morgan fingerprint density at radius 3 is 2.26 bits per heavy atom. The average molecular weight is 527 g/mol. The van der Waals surface area contributed by atoms with Gasteiger partial charge in [0.15, 0.2) is 6.61 Å². The third-order valence-corrected chi connectivity index (χ3v) is 7.57. The van der Waals surface area contributed by atoms with Gasteiger partial charge in [0.05, 0.1) is 0 Å². The molecular formula is C34H42N2O3. The van der Waals surface area contributed by atoms with E-state index >= 15 is 0 Å². The highest BCUT2D eigenvalue weighted by atomic mass is 16.5. The smallest absolute Gasteiger partial charge is 0.261 e. The minimum atomic E-state index is -0.644. The van der Waals surface area contributed by atoms with Crippen molar-refractivity contribution >= 4 is 11.8 Å². The summed E-state index contributed by atoms with van der Waals surface area (Å²) >= 11 is 0. The summed E-state index contributed by atoms with van der Waals surface area (Å²) in [4.78, 5) is 29.4. The Balaban J connectivity index is 1.59. The zero-order valence-electron chi connectivity index (χ0n) is 23.6. The molecule has 0 bridgehead atoms. The largest absolute Gasteiger partial charge is 0.484 e. The summed E-state index contributed by atoms with van der Waals surface area (Å²) in [7, 11) is 0. The van der Waals surface area contributed by atoms with Gasteiger partial charge < -0.3 is 15.0 Å². The van der Waals surface area contributed by atoms with E-state index in [2.05, 4.69) is 25.2 Å². The Hall–Kier alpha value is -3.60. The Morgan fingerprint density at radius 1 is 0.897 bits per heavy atom. The maximum Gasteiger partial charge on any atom is 0.261 e. The van der Waals surface area contributed by atoms with Crippen molar-refractivity contribution < 1.29 is 14.3 Å². The molecule has 2 amide bonds. The molecule has 1 saturated carbocycles. The number of carbonyl (C=O) groups is 2. The van der Waals surface area contributed by atoms with Gasteiger partial charge in [0.1, 0.15) is 11.8 Å². The lowest BCUT2D eigenvalue weighted by atomic mass is 9.94. The number of aryl methyl sites for hydroxylation is 1.